The number of hydrogen-bond acceptors (Lipinski definition) is 3. The largest absolute Gasteiger partial charge is 0.492 e. The molecule has 0 unspecified atom stereocenters. The van der Waals surface area contributed by atoms with Crippen LogP contribution in [0.3, 0.4) is 0 Å². The molecule has 3 N–H and O–H groups in total. The zero-order valence-electron chi connectivity index (χ0n) is 11.4. The van der Waals surface area contributed by atoms with Crippen LogP contribution in [0.2, 0.25) is 0 Å². The quantitative estimate of drug-likeness (QED) is 0.647. The van der Waals surface area contributed by atoms with Gasteiger partial charge in [-0.2, -0.15) is 0 Å². The minimum atomic E-state index is -0.178. The molecular weight excluding hydrogens is 252 g/mol. The molecule has 0 saturated carbocycles. The fraction of sp³-hybridized carbons (Fsp3) is 0.188. The van der Waals surface area contributed by atoms with Gasteiger partial charge < -0.3 is 15.8 Å². The number of amides is 1. The third-order valence-corrected chi connectivity index (χ3v) is 2.97. The van der Waals surface area contributed by atoms with Gasteiger partial charge in [-0.1, -0.05) is 30.3 Å². The number of aryl methyl sites for hydroxylation is 1. The Balaban J connectivity index is 1.82. The fourth-order valence-corrected chi connectivity index (χ4v) is 1.82. The summed E-state index contributed by atoms with van der Waals surface area (Å²) in [6.07, 6.45) is 0. The lowest BCUT2D eigenvalue weighted by Crippen LogP contribution is -2.28. The number of carbonyl (C=O) groups excluding carboxylic acids is 1. The molecule has 1 amide bonds. The highest BCUT2D eigenvalue weighted by Gasteiger charge is 2.09. The number of nitrogens with one attached hydrogen (secondary N) is 1. The highest BCUT2D eigenvalue weighted by atomic mass is 16.5. The minimum Gasteiger partial charge on any atom is -0.492 e. The number of anilines is 1. The van der Waals surface area contributed by atoms with E-state index in [-0.39, 0.29) is 5.91 Å². The van der Waals surface area contributed by atoms with E-state index in [0.29, 0.717) is 24.4 Å². The Hall–Kier alpha value is -2.49. The molecule has 104 valence electrons. The summed E-state index contributed by atoms with van der Waals surface area (Å²) in [7, 11) is 0. The summed E-state index contributed by atoms with van der Waals surface area (Å²) >= 11 is 0. The van der Waals surface area contributed by atoms with Gasteiger partial charge >= 0.3 is 0 Å². The van der Waals surface area contributed by atoms with Gasteiger partial charge in [-0.15, -0.1) is 0 Å². The maximum absolute atomic E-state index is 12.0. The van der Waals surface area contributed by atoms with Gasteiger partial charge in [0.2, 0.25) is 0 Å². The molecule has 4 heteroatoms. The van der Waals surface area contributed by atoms with Crippen molar-refractivity contribution in [3.63, 3.8) is 0 Å². The van der Waals surface area contributed by atoms with Crippen LogP contribution in [0.5, 0.6) is 5.75 Å². The maximum Gasteiger partial charge on any atom is 0.253 e. The third-order valence-electron chi connectivity index (χ3n) is 2.97. The fourth-order valence-electron chi connectivity index (χ4n) is 1.82. The summed E-state index contributed by atoms with van der Waals surface area (Å²) < 4.78 is 5.50. The molecule has 20 heavy (non-hydrogen) atoms. The molecule has 0 aliphatic rings. The Bertz CT molecular complexity index is 582. The standard InChI is InChI=1S/C16H18N2O2/c1-12-6-5-9-14(15(12)17)16(19)18-10-11-20-13-7-3-2-4-8-13/h2-9H,10-11,17H2,1H3,(H,18,19). The smallest absolute Gasteiger partial charge is 0.253 e. The topological polar surface area (TPSA) is 64.3 Å². The molecule has 0 aliphatic heterocycles. The zero-order valence-corrected chi connectivity index (χ0v) is 11.4. The lowest BCUT2D eigenvalue weighted by atomic mass is 10.1. The Morgan fingerprint density at radius 2 is 1.90 bits per heavy atom. The van der Waals surface area contributed by atoms with Crippen molar-refractivity contribution in [3.05, 3.63) is 59.7 Å². The highest BCUT2D eigenvalue weighted by Crippen LogP contribution is 2.16. The van der Waals surface area contributed by atoms with Crippen molar-refractivity contribution in [1.29, 1.82) is 0 Å². The SMILES string of the molecule is Cc1cccc(C(=O)NCCOc2ccccc2)c1N. The number of ether oxygens (including phenoxy) is 1. The number of rotatable bonds is 5. The van der Waals surface area contributed by atoms with E-state index in [2.05, 4.69) is 5.32 Å². The molecular formula is C16H18N2O2. The van der Waals surface area contributed by atoms with Crippen LogP contribution in [0, 0.1) is 6.92 Å². The van der Waals surface area contributed by atoms with Gasteiger partial charge in [0.25, 0.3) is 5.91 Å². The number of benzene rings is 2. The molecule has 0 atom stereocenters. The second-order valence-electron chi connectivity index (χ2n) is 4.45. The summed E-state index contributed by atoms with van der Waals surface area (Å²) in [4.78, 5) is 12.0. The van der Waals surface area contributed by atoms with Crippen molar-refractivity contribution in [1.82, 2.24) is 5.32 Å². The molecule has 4 nitrogen and oxygen atoms in total. The zero-order chi connectivity index (χ0) is 14.4. The van der Waals surface area contributed by atoms with Crippen LogP contribution in [0.15, 0.2) is 48.5 Å². The van der Waals surface area contributed by atoms with Crippen LogP contribution < -0.4 is 15.8 Å². The van der Waals surface area contributed by atoms with Gasteiger partial charge in [-0.25, -0.2) is 0 Å². The normalized spacial score (nSPS) is 10.1. The van der Waals surface area contributed by atoms with Crippen molar-refractivity contribution in [2.24, 2.45) is 0 Å². The van der Waals surface area contributed by atoms with E-state index in [0.717, 1.165) is 11.3 Å². The molecule has 0 saturated heterocycles. The van der Waals surface area contributed by atoms with Crippen LogP contribution >= 0.6 is 0 Å². The first kappa shape index (κ1) is 13.9. The molecule has 0 bridgehead atoms. The first-order valence-corrected chi connectivity index (χ1v) is 6.49. The molecule has 0 heterocycles. The molecule has 0 aromatic heterocycles. The molecule has 2 aromatic carbocycles. The lowest BCUT2D eigenvalue weighted by molar-refractivity contribution is 0.0948. The first-order chi connectivity index (χ1) is 9.68. The van der Waals surface area contributed by atoms with E-state index in [1.807, 2.05) is 49.4 Å². The van der Waals surface area contributed by atoms with E-state index in [1.54, 1.807) is 6.07 Å². The number of para-hydroxylation sites is 2. The van der Waals surface area contributed by atoms with Gasteiger partial charge in [-0.3, -0.25) is 4.79 Å². The second kappa shape index (κ2) is 6.61. The van der Waals surface area contributed by atoms with Crippen molar-refractivity contribution < 1.29 is 9.53 Å². The van der Waals surface area contributed by atoms with Crippen LogP contribution in [0.4, 0.5) is 5.69 Å². The highest BCUT2D eigenvalue weighted by molar-refractivity contribution is 5.99. The molecule has 0 spiro atoms. The van der Waals surface area contributed by atoms with E-state index in [1.165, 1.54) is 0 Å². The van der Waals surface area contributed by atoms with Gasteiger partial charge in [0.05, 0.1) is 12.1 Å². The summed E-state index contributed by atoms with van der Waals surface area (Å²) in [5.41, 5.74) is 7.81. The summed E-state index contributed by atoms with van der Waals surface area (Å²) in [6, 6.07) is 14.9. The van der Waals surface area contributed by atoms with Gasteiger partial charge in [-0.05, 0) is 30.7 Å². The Labute approximate surface area is 118 Å². The Kier molecular flexibility index (Phi) is 4.60. The van der Waals surface area contributed by atoms with Crippen molar-refractivity contribution in [2.75, 3.05) is 18.9 Å². The minimum absolute atomic E-state index is 0.178. The number of hydrogen-bond donors (Lipinski definition) is 2. The van der Waals surface area contributed by atoms with Crippen LogP contribution in [0.25, 0.3) is 0 Å². The van der Waals surface area contributed by atoms with E-state index in [4.69, 9.17) is 10.5 Å². The summed E-state index contributed by atoms with van der Waals surface area (Å²) in [5.74, 6) is 0.611. The van der Waals surface area contributed by atoms with Gasteiger partial charge in [0.1, 0.15) is 12.4 Å². The van der Waals surface area contributed by atoms with E-state index >= 15 is 0 Å². The van der Waals surface area contributed by atoms with Gasteiger partial charge in [0.15, 0.2) is 0 Å². The van der Waals surface area contributed by atoms with E-state index in [9.17, 15) is 4.79 Å². The Morgan fingerprint density at radius 1 is 1.15 bits per heavy atom. The number of nitrogen functional groups attached to an aromatic ring is 1. The van der Waals surface area contributed by atoms with Gasteiger partial charge in [0, 0.05) is 5.69 Å². The molecule has 2 rings (SSSR count). The van der Waals surface area contributed by atoms with Crippen molar-refractivity contribution in [3.8, 4) is 5.75 Å². The maximum atomic E-state index is 12.0. The number of carbonyl (C=O) groups is 1. The monoisotopic (exact) mass is 270 g/mol. The number of nitrogens with two attached hydrogens (primary N) is 1. The molecule has 0 fully saturated rings. The van der Waals surface area contributed by atoms with Crippen LogP contribution in [-0.4, -0.2) is 19.1 Å². The predicted octanol–water partition coefficient (Wildman–Crippen LogP) is 2.39. The molecule has 0 radical (unpaired) electrons. The Morgan fingerprint density at radius 3 is 2.65 bits per heavy atom. The first-order valence-electron chi connectivity index (χ1n) is 6.49. The van der Waals surface area contributed by atoms with E-state index < -0.39 is 0 Å². The van der Waals surface area contributed by atoms with Crippen LogP contribution in [0.1, 0.15) is 15.9 Å². The molecule has 0 aliphatic carbocycles. The average Bonchev–Trinajstić information content (AvgIpc) is 2.47. The second-order valence-corrected chi connectivity index (χ2v) is 4.45. The average molecular weight is 270 g/mol. The van der Waals surface area contributed by atoms with Crippen LogP contribution in [-0.2, 0) is 0 Å². The summed E-state index contributed by atoms with van der Waals surface area (Å²) in [5, 5.41) is 2.79. The van der Waals surface area contributed by atoms with Crippen molar-refractivity contribution >= 4 is 11.6 Å². The van der Waals surface area contributed by atoms with Crippen molar-refractivity contribution in [2.45, 2.75) is 6.92 Å². The predicted molar refractivity (Wildman–Crippen MR) is 79.9 cm³/mol. The third kappa shape index (κ3) is 3.51. The lowest BCUT2D eigenvalue weighted by Gasteiger charge is -2.10. The molecule has 2 aromatic rings. The summed E-state index contributed by atoms with van der Waals surface area (Å²) in [6.45, 7) is 2.73.